The molecular weight excluding hydrogens is 327 g/mol. The minimum Gasteiger partial charge on any atom is -0.379 e. The van der Waals surface area contributed by atoms with Gasteiger partial charge in [0.2, 0.25) is 0 Å². The molecule has 0 bridgehead atoms. The van der Waals surface area contributed by atoms with Crippen LogP contribution < -0.4 is 0 Å². The van der Waals surface area contributed by atoms with Crippen LogP contribution in [0.3, 0.4) is 0 Å². The molecule has 17 heavy (non-hydrogen) atoms. The highest BCUT2D eigenvalue weighted by Gasteiger charge is 1.92. The van der Waals surface area contributed by atoms with E-state index in [9.17, 15) is 0 Å². The second kappa shape index (κ2) is 16.6. The second-order valence-electron chi connectivity index (χ2n) is 4.39. The monoisotopic (exact) mass is 356 g/mol. The topological polar surface area (TPSA) is 18.5 Å². The predicted octanol–water partition coefficient (Wildman–Crippen LogP) is 4.60. The average molecular weight is 356 g/mol. The van der Waals surface area contributed by atoms with Gasteiger partial charge in [0.1, 0.15) is 0 Å². The molecule has 0 heterocycles. The third-order valence-corrected chi connectivity index (χ3v) is 3.18. The lowest BCUT2D eigenvalue weighted by Crippen LogP contribution is -2.06. The molecule has 0 aliphatic heterocycles. The minimum absolute atomic E-state index is 0.750. The molecule has 0 unspecified atom stereocenters. The van der Waals surface area contributed by atoms with Crippen molar-refractivity contribution in [2.24, 2.45) is 0 Å². The van der Waals surface area contributed by atoms with E-state index >= 15 is 0 Å². The van der Waals surface area contributed by atoms with E-state index in [0.29, 0.717) is 0 Å². The van der Waals surface area contributed by atoms with Crippen LogP contribution in [-0.2, 0) is 9.47 Å². The quantitative estimate of drug-likeness (QED) is 0.257. The Kier molecular flexibility index (Phi) is 17.3. The summed E-state index contributed by atoms with van der Waals surface area (Å²) in [5.41, 5.74) is 0. The van der Waals surface area contributed by atoms with Crippen molar-refractivity contribution in [3.63, 3.8) is 0 Å². The van der Waals surface area contributed by atoms with Gasteiger partial charge in [0, 0.05) is 11.0 Å². The Bertz CT molecular complexity index is 117. The van der Waals surface area contributed by atoms with E-state index in [2.05, 4.69) is 29.5 Å². The summed E-state index contributed by atoms with van der Waals surface area (Å²) >= 11 is 2.32. The maximum absolute atomic E-state index is 5.50. The average Bonchev–Trinajstić information content (AvgIpc) is 2.35. The molecule has 104 valence electrons. The molecule has 0 aromatic rings. The number of halogens is 1. The first-order valence-electron chi connectivity index (χ1n) is 7.13. The molecule has 3 heteroatoms. The number of hydrogen-bond donors (Lipinski definition) is 0. The minimum atomic E-state index is 0.750. The van der Waals surface area contributed by atoms with Gasteiger partial charge in [-0.3, -0.25) is 0 Å². The van der Waals surface area contributed by atoms with Crippen molar-refractivity contribution in [3.05, 3.63) is 0 Å². The Hall–Kier alpha value is 0.650. The second-order valence-corrected chi connectivity index (χ2v) is 5.47. The standard InChI is InChI=1S/C14H29IO2/c1-2-3-4-5-6-7-8-9-11-16-13-14-17-12-10-15/h2-14H2,1H3. The molecule has 0 aromatic heterocycles. The zero-order valence-electron chi connectivity index (χ0n) is 11.4. The lowest BCUT2D eigenvalue weighted by atomic mass is 10.1. The molecule has 0 saturated carbocycles. The first-order chi connectivity index (χ1) is 8.41. The fraction of sp³-hybridized carbons (Fsp3) is 1.00. The van der Waals surface area contributed by atoms with Crippen molar-refractivity contribution in [2.45, 2.75) is 58.3 Å². The van der Waals surface area contributed by atoms with Crippen LogP contribution in [0.25, 0.3) is 0 Å². The summed E-state index contributed by atoms with van der Waals surface area (Å²) in [4.78, 5) is 0. The van der Waals surface area contributed by atoms with Crippen molar-refractivity contribution in [1.82, 2.24) is 0 Å². The highest BCUT2D eigenvalue weighted by Crippen LogP contribution is 2.08. The largest absolute Gasteiger partial charge is 0.379 e. The molecule has 0 saturated heterocycles. The van der Waals surface area contributed by atoms with E-state index in [0.717, 1.165) is 30.9 Å². The Balaban J connectivity index is 2.85. The maximum Gasteiger partial charge on any atom is 0.0700 e. The summed E-state index contributed by atoms with van der Waals surface area (Å²) in [6.07, 6.45) is 10.9. The van der Waals surface area contributed by atoms with E-state index in [1.54, 1.807) is 0 Å². The molecule has 0 aliphatic rings. The molecule has 0 spiro atoms. The summed E-state index contributed by atoms with van der Waals surface area (Å²) in [6.45, 7) is 5.53. The lowest BCUT2D eigenvalue weighted by Gasteiger charge is -2.05. The smallest absolute Gasteiger partial charge is 0.0700 e. The molecule has 0 fully saturated rings. The van der Waals surface area contributed by atoms with E-state index in [-0.39, 0.29) is 0 Å². The van der Waals surface area contributed by atoms with Crippen LogP contribution in [0.4, 0.5) is 0 Å². The zero-order chi connectivity index (χ0) is 12.6. The van der Waals surface area contributed by atoms with Crippen LogP contribution in [0.1, 0.15) is 58.3 Å². The van der Waals surface area contributed by atoms with Gasteiger partial charge in [-0.15, -0.1) is 0 Å². The fourth-order valence-electron chi connectivity index (χ4n) is 1.71. The number of alkyl halides is 1. The summed E-state index contributed by atoms with van der Waals surface area (Å²) in [5, 5.41) is 0. The van der Waals surface area contributed by atoms with Gasteiger partial charge in [-0.2, -0.15) is 0 Å². The summed E-state index contributed by atoms with van der Waals surface area (Å²) in [7, 11) is 0. The first-order valence-corrected chi connectivity index (χ1v) is 8.65. The molecule has 2 nitrogen and oxygen atoms in total. The van der Waals surface area contributed by atoms with Crippen molar-refractivity contribution in [1.29, 1.82) is 0 Å². The van der Waals surface area contributed by atoms with Gasteiger partial charge in [-0.05, 0) is 6.42 Å². The third kappa shape index (κ3) is 16.6. The van der Waals surface area contributed by atoms with Crippen molar-refractivity contribution in [2.75, 3.05) is 30.9 Å². The van der Waals surface area contributed by atoms with Crippen LogP contribution in [0.5, 0.6) is 0 Å². The van der Waals surface area contributed by atoms with Crippen molar-refractivity contribution in [3.8, 4) is 0 Å². The Morgan fingerprint density at radius 3 is 1.76 bits per heavy atom. The molecule has 0 radical (unpaired) electrons. The number of ether oxygens (including phenoxy) is 2. The van der Waals surface area contributed by atoms with Gasteiger partial charge in [-0.25, -0.2) is 0 Å². The molecular formula is C14H29IO2. The number of unbranched alkanes of at least 4 members (excludes halogenated alkanes) is 7. The Morgan fingerprint density at radius 2 is 1.18 bits per heavy atom. The highest BCUT2D eigenvalue weighted by molar-refractivity contribution is 14.1. The van der Waals surface area contributed by atoms with Crippen LogP contribution >= 0.6 is 22.6 Å². The summed E-state index contributed by atoms with van der Waals surface area (Å²) in [6, 6.07) is 0. The third-order valence-electron chi connectivity index (χ3n) is 2.74. The van der Waals surface area contributed by atoms with E-state index in [1.807, 2.05) is 0 Å². The van der Waals surface area contributed by atoms with E-state index < -0.39 is 0 Å². The Morgan fingerprint density at radius 1 is 0.647 bits per heavy atom. The van der Waals surface area contributed by atoms with Gasteiger partial charge in [0.15, 0.2) is 0 Å². The fourth-order valence-corrected chi connectivity index (χ4v) is 2.03. The zero-order valence-corrected chi connectivity index (χ0v) is 13.5. The number of rotatable bonds is 14. The Labute approximate surface area is 121 Å². The normalized spacial score (nSPS) is 10.9. The SMILES string of the molecule is CCCCCCCCCCOCCOCCI. The van der Waals surface area contributed by atoms with Crippen molar-refractivity contribution < 1.29 is 9.47 Å². The molecule has 0 amide bonds. The van der Waals surface area contributed by atoms with Gasteiger partial charge >= 0.3 is 0 Å². The maximum atomic E-state index is 5.50. The molecule has 0 aromatic carbocycles. The van der Waals surface area contributed by atoms with Gasteiger partial charge in [0.05, 0.1) is 19.8 Å². The molecule has 0 rings (SSSR count). The van der Waals surface area contributed by atoms with Crippen LogP contribution in [0.15, 0.2) is 0 Å². The van der Waals surface area contributed by atoms with Gasteiger partial charge in [0.25, 0.3) is 0 Å². The van der Waals surface area contributed by atoms with Gasteiger partial charge in [-0.1, -0.05) is 74.5 Å². The summed E-state index contributed by atoms with van der Waals surface area (Å²) in [5.74, 6) is 0. The van der Waals surface area contributed by atoms with E-state index in [1.165, 1.54) is 51.4 Å². The molecule has 0 aliphatic carbocycles. The van der Waals surface area contributed by atoms with Crippen LogP contribution in [-0.4, -0.2) is 30.9 Å². The van der Waals surface area contributed by atoms with Crippen molar-refractivity contribution >= 4 is 22.6 Å². The molecule has 0 atom stereocenters. The first kappa shape index (κ1) is 17.6. The molecule has 0 N–H and O–H groups in total. The number of hydrogen-bond acceptors (Lipinski definition) is 2. The predicted molar refractivity (Wildman–Crippen MR) is 83.1 cm³/mol. The van der Waals surface area contributed by atoms with Crippen LogP contribution in [0.2, 0.25) is 0 Å². The van der Waals surface area contributed by atoms with Crippen LogP contribution in [0, 0.1) is 0 Å². The van der Waals surface area contributed by atoms with E-state index in [4.69, 9.17) is 9.47 Å². The highest BCUT2D eigenvalue weighted by atomic mass is 127. The summed E-state index contributed by atoms with van der Waals surface area (Å²) < 4.78 is 11.9. The lowest BCUT2D eigenvalue weighted by molar-refractivity contribution is 0.0527. The van der Waals surface area contributed by atoms with Gasteiger partial charge < -0.3 is 9.47 Å².